The molecule has 0 spiro atoms. The molecule has 1 aromatic heterocycles. The Morgan fingerprint density at radius 1 is 0.900 bits per heavy atom. The number of allylic oxidation sites excluding steroid dienone is 3. The van der Waals surface area contributed by atoms with E-state index >= 15 is 0 Å². The summed E-state index contributed by atoms with van der Waals surface area (Å²) in [4.78, 5) is 25.1. The van der Waals surface area contributed by atoms with Crippen LogP contribution in [0, 0.1) is 51.2 Å². The summed E-state index contributed by atoms with van der Waals surface area (Å²) in [5, 5.41) is 16.4. The molecule has 5 aliphatic carbocycles. The fourth-order valence-corrected chi connectivity index (χ4v) is 13.5. The molecule has 5 aliphatic rings. The van der Waals surface area contributed by atoms with E-state index in [4.69, 9.17) is 0 Å². The van der Waals surface area contributed by atoms with Crippen molar-refractivity contribution in [1.82, 2.24) is 15.2 Å². The lowest BCUT2D eigenvalue weighted by Crippen LogP contribution is -2.68. The van der Waals surface area contributed by atoms with Gasteiger partial charge in [0.2, 0.25) is 0 Å². The average molecular weight is 680 g/mol. The smallest absolute Gasteiger partial charge is 0.335 e. The topological polar surface area (TPSA) is 83.4 Å². The third kappa shape index (κ3) is 5.32. The van der Waals surface area contributed by atoms with Crippen LogP contribution in [0.25, 0.3) is 5.57 Å². The highest BCUT2D eigenvalue weighted by atomic mass is 16.4. The number of carboxylic acid groups (broad SMARTS) is 1. The molecule has 50 heavy (non-hydrogen) atoms. The number of rotatable bonds is 8. The molecule has 2 amide bonds. The van der Waals surface area contributed by atoms with Crippen LogP contribution in [-0.4, -0.2) is 33.8 Å². The number of hydrogen-bond acceptors (Lipinski definition) is 2. The first-order valence-electron chi connectivity index (χ1n) is 19.5. The van der Waals surface area contributed by atoms with E-state index in [-0.39, 0.29) is 33.2 Å². The van der Waals surface area contributed by atoms with Gasteiger partial charge in [-0.05, 0) is 158 Å². The van der Waals surface area contributed by atoms with Crippen LogP contribution < -0.4 is 10.6 Å². The van der Waals surface area contributed by atoms with Crippen molar-refractivity contribution in [2.24, 2.45) is 51.2 Å². The van der Waals surface area contributed by atoms with Crippen LogP contribution in [0.15, 0.2) is 67.0 Å². The maximum absolute atomic E-state index is 13.6. The summed E-state index contributed by atoms with van der Waals surface area (Å²) < 4.78 is 2.17. The number of amides is 2. The second-order valence-corrected chi connectivity index (χ2v) is 18.4. The third-order valence-corrected chi connectivity index (χ3v) is 16.0. The van der Waals surface area contributed by atoms with Crippen molar-refractivity contribution in [3.05, 3.63) is 78.1 Å². The van der Waals surface area contributed by atoms with E-state index in [1.807, 2.05) is 24.3 Å². The molecular weight excluding hydrogens is 619 g/mol. The summed E-state index contributed by atoms with van der Waals surface area (Å²) >= 11 is 0. The van der Waals surface area contributed by atoms with Crippen molar-refractivity contribution in [3.63, 3.8) is 0 Å². The van der Waals surface area contributed by atoms with Crippen LogP contribution in [-0.2, 0) is 6.54 Å². The van der Waals surface area contributed by atoms with Crippen LogP contribution in [0.4, 0.5) is 4.79 Å². The van der Waals surface area contributed by atoms with Crippen LogP contribution in [0.5, 0.6) is 0 Å². The van der Waals surface area contributed by atoms with E-state index in [9.17, 15) is 14.7 Å². The minimum Gasteiger partial charge on any atom is -0.478 e. The zero-order chi connectivity index (χ0) is 35.7. The Hall–Kier alpha value is -3.28. The van der Waals surface area contributed by atoms with Gasteiger partial charge in [-0.3, -0.25) is 0 Å². The van der Waals surface area contributed by atoms with Crippen LogP contribution in [0.1, 0.15) is 122 Å². The number of nitrogens with one attached hydrogen (secondary N) is 2. The van der Waals surface area contributed by atoms with Crippen LogP contribution in [0.2, 0.25) is 0 Å². The highest BCUT2D eigenvalue weighted by Gasteiger charge is 2.70. The second-order valence-electron chi connectivity index (χ2n) is 18.4. The molecule has 6 heteroatoms. The number of aromatic nitrogens is 1. The molecule has 1 heterocycles. The number of nitrogens with zero attached hydrogens (tertiary/aromatic N) is 1. The zero-order valence-electron chi connectivity index (χ0n) is 31.5. The summed E-state index contributed by atoms with van der Waals surface area (Å²) in [7, 11) is 0. The summed E-state index contributed by atoms with van der Waals surface area (Å²) in [6.07, 6.45) is 18.0. The van der Waals surface area contributed by atoms with Crippen molar-refractivity contribution in [3.8, 4) is 0 Å². The quantitative estimate of drug-likeness (QED) is 0.192. The highest BCUT2D eigenvalue weighted by molar-refractivity contribution is 5.88. The predicted molar refractivity (Wildman–Crippen MR) is 202 cm³/mol. The summed E-state index contributed by atoms with van der Waals surface area (Å²) in [6.45, 7) is 21.2. The first kappa shape index (κ1) is 35.1. The van der Waals surface area contributed by atoms with Crippen LogP contribution in [0.3, 0.4) is 0 Å². The number of carbonyl (C=O) groups excluding carboxylic acids is 1. The second kappa shape index (κ2) is 12.4. The van der Waals surface area contributed by atoms with Gasteiger partial charge in [-0.2, -0.15) is 0 Å². The van der Waals surface area contributed by atoms with Gasteiger partial charge in [0.05, 0.1) is 5.56 Å². The Bertz CT molecular complexity index is 1660. The van der Waals surface area contributed by atoms with Gasteiger partial charge in [-0.15, -0.1) is 0 Å². The van der Waals surface area contributed by atoms with Gasteiger partial charge < -0.3 is 20.3 Å². The molecule has 270 valence electrons. The summed E-state index contributed by atoms with van der Waals surface area (Å²) in [6, 6.07) is 11.7. The molecule has 4 fully saturated rings. The maximum atomic E-state index is 13.6. The van der Waals surface area contributed by atoms with Crippen molar-refractivity contribution >= 4 is 17.6 Å². The molecule has 4 saturated carbocycles. The number of fused-ring (bicyclic) bond motifs is 7. The first-order chi connectivity index (χ1) is 23.7. The molecule has 9 atom stereocenters. The number of benzene rings is 1. The van der Waals surface area contributed by atoms with Gasteiger partial charge >= 0.3 is 12.0 Å². The standard InChI is InChI=1S/C44H61N3O3/c1-29(2)32-17-22-44(46-39(50)45-25-10-28-47-26-8-9-27-47)24-23-42(6)34(37(32)44)15-16-36-41(5)20-18-33(30-11-13-31(14-12-30)38(48)49)40(3,4)35(41)19-21-43(36,42)7/h8-9,11-14,18,26-27,32,34-37H,1,10,15-17,19-25,28H2,2-7H3,(H,48,49)(H2,45,46,50)/t32-,34+,35-,36+,37+,41-,42+,43+,44-/m0/s1. The van der Waals surface area contributed by atoms with Gasteiger partial charge in [0.25, 0.3) is 0 Å². The van der Waals surface area contributed by atoms with E-state index in [1.54, 1.807) is 12.1 Å². The van der Waals surface area contributed by atoms with Crippen molar-refractivity contribution in [2.45, 2.75) is 118 Å². The Kier molecular flexibility index (Phi) is 8.74. The van der Waals surface area contributed by atoms with Gasteiger partial charge in [0.15, 0.2) is 0 Å². The fraction of sp³-hybridized carbons (Fsp3) is 0.636. The van der Waals surface area contributed by atoms with Gasteiger partial charge in [0.1, 0.15) is 0 Å². The average Bonchev–Trinajstić information content (AvgIpc) is 3.72. The number of aromatic carboxylic acids is 1. The van der Waals surface area contributed by atoms with Gasteiger partial charge in [-0.25, -0.2) is 9.59 Å². The zero-order valence-corrected chi connectivity index (χ0v) is 31.5. The molecule has 3 N–H and O–H groups in total. The highest BCUT2D eigenvalue weighted by Crippen LogP contribution is 2.76. The lowest BCUT2D eigenvalue weighted by atomic mass is 9.33. The van der Waals surface area contributed by atoms with E-state index in [2.05, 4.69) is 81.8 Å². The molecule has 7 rings (SSSR count). The first-order valence-corrected chi connectivity index (χ1v) is 19.5. The molecule has 0 saturated heterocycles. The molecule has 0 aliphatic heterocycles. The van der Waals surface area contributed by atoms with Crippen molar-refractivity contribution in [1.29, 1.82) is 0 Å². The Morgan fingerprint density at radius 2 is 1.62 bits per heavy atom. The maximum Gasteiger partial charge on any atom is 0.335 e. The number of carboxylic acids is 1. The Morgan fingerprint density at radius 3 is 2.30 bits per heavy atom. The third-order valence-electron chi connectivity index (χ3n) is 16.0. The Balaban J connectivity index is 1.13. The molecule has 1 aromatic carbocycles. The monoisotopic (exact) mass is 679 g/mol. The van der Waals surface area contributed by atoms with E-state index in [0.717, 1.165) is 38.6 Å². The minimum atomic E-state index is -0.873. The van der Waals surface area contributed by atoms with Crippen molar-refractivity contribution in [2.75, 3.05) is 6.54 Å². The lowest BCUT2D eigenvalue weighted by molar-refractivity contribution is -0.218. The van der Waals surface area contributed by atoms with Crippen LogP contribution >= 0.6 is 0 Å². The molecule has 6 nitrogen and oxygen atoms in total. The Labute approximate surface area is 300 Å². The van der Waals surface area contributed by atoms with E-state index < -0.39 is 5.97 Å². The van der Waals surface area contributed by atoms with Crippen molar-refractivity contribution < 1.29 is 14.7 Å². The number of urea groups is 1. The molecule has 0 radical (unpaired) electrons. The van der Waals surface area contributed by atoms with Gasteiger partial charge in [0, 0.05) is 31.0 Å². The number of hydrogen-bond donors (Lipinski definition) is 3. The van der Waals surface area contributed by atoms with E-state index in [1.165, 1.54) is 48.8 Å². The van der Waals surface area contributed by atoms with E-state index in [0.29, 0.717) is 41.7 Å². The summed E-state index contributed by atoms with van der Waals surface area (Å²) in [5.74, 6) is 1.76. The largest absolute Gasteiger partial charge is 0.478 e. The molecule has 0 unspecified atom stereocenters. The number of carbonyl (C=O) groups is 2. The molecule has 2 aromatic rings. The predicted octanol–water partition coefficient (Wildman–Crippen LogP) is 9.98. The minimum absolute atomic E-state index is 0.00557. The molecule has 0 bridgehead atoms. The number of aryl methyl sites for hydroxylation is 1. The fourth-order valence-electron chi connectivity index (χ4n) is 13.5. The normalized spacial score (nSPS) is 38.4. The van der Waals surface area contributed by atoms with Gasteiger partial charge in [-0.1, -0.05) is 65.0 Å². The summed E-state index contributed by atoms with van der Waals surface area (Å²) in [5.41, 5.74) is 4.64. The lowest BCUT2D eigenvalue weighted by Gasteiger charge is -2.72. The SMILES string of the molecule is C=C(C)[C@@H]1CC[C@]2(NC(=O)NCCCn3cccc3)CC[C@]3(C)[C@H](CC[C@@H]4[C@@]5(C)CC=C(c6ccc(C(=O)O)cc6)C(C)(C)[C@@H]5CC[C@]43C)[C@@H]12. The molecular formula is C44H61N3O3.